The zero-order chi connectivity index (χ0) is 18.8. The van der Waals surface area contributed by atoms with Crippen LogP contribution in [-0.4, -0.2) is 15.9 Å². The van der Waals surface area contributed by atoms with Gasteiger partial charge in [-0.3, -0.25) is 14.7 Å². The number of carbonyl (C=O) groups excluding carboxylic acids is 1. The van der Waals surface area contributed by atoms with Gasteiger partial charge in [0.05, 0.1) is 16.8 Å². The van der Waals surface area contributed by atoms with Gasteiger partial charge in [0, 0.05) is 18.0 Å². The van der Waals surface area contributed by atoms with Crippen LogP contribution in [0.1, 0.15) is 21.5 Å². The van der Waals surface area contributed by atoms with Crippen molar-refractivity contribution < 1.29 is 9.18 Å². The molecule has 134 valence electrons. The fraction of sp³-hybridized carbons (Fsp3) is 0.0952. The van der Waals surface area contributed by atoms with Crippen molar-refractivity contribution in [3.8, 4) is 0 Å². The Hall–Kier alpha value is -3.12. The smallest absolute Gasteiger partial charge is 0.260 e. The van der Waals surface area contributed by atoms with E-state index < -0.39 is 0 Å². The molecule has 4 aromatic rings. The molecular weight excluding hydrogens is 361 g/mol. The quantitative estimate of drug-likeness (QED) is 0.504. The van der Waals surface area contributed by atoms with E-state index in [0.29, 0.717) is 27.5 Å². The Labute approximate surface area is 159 Å². The first-order valence-corrected chi connectivity index (χ1v) is 9.26. The number of anilines is 1. The van der Waals surface area contributed by atoms with Crippen molar-refractivity contribution in [3.05, 3.63) is 89.5 Å². The molecule has 0 N–H and O–H groups in total. The molecule has 0 aliphatic heterocycles. The second-order valence-electron chi connectivity index (χ2n) is 6.18. The lowest BCUT2D eigenvalue weighted by Gasteiger charge is -2.21. The number of hydrogen-bond donors (Lipinski definition) is 0. The molecule has 0 radical (unpaired) electrons. The Morgan fingerprint density at radius 3 is 2.78 bits per heavy atom. The van der Waals surface area contributed by atoms with Gasteiger partial charge in [-0.05, 0) is 48.4 Å². The van der Waals surface area contributed by atoms with Crippen LogP contribution in [0.15, 0.2) is 67.0 Å². The fourth-order valence-electron chi connectivity index (χ4n) is 2.86. The second-order valence-corrected chi connectivity index (χ2v) is 7.19. The van der Waals surface area contributed by atoms with E-state index in [9.17, 15) is 9.18 Å². The van der Waals surface area contributed by atoms with E-state index in [1.165, 1.54) is 23.5 Å². The first-order chi connectivity index (χ1) is 13.1. The molecule has 6 heteroatoms. The minimum Gasteiger partial charge on any atom is -0.279 e. The first-order valence-electron chi connectivity index (χ1n) is 8.44. The van der Waals surface area contributed by atoms with Crippen molar-refractivity contribution in [3.63, 3.8) is 0 Å². The van der Waals surface area contributed by atoms with Gasteiger partial charge in [-0.25, -0.2) is 9.37 Å². The minimum absolute atomic E-state index is 0.142. The lowest BCUT2D eigenvalue weighted by atomic mass is 10.1. The van der Waals surface area contributed by atoms with E-state index in [1.807, 2.05) is 37.3 Å². The molecule has 0 saturated heterocycles. The highest BCUT2D eigenvalue weighted by Crippen LogP contribution is 2.31. The summed E-state index contributed by atoms with van der Waals surface area (Å²) in [6, 6.07) is 15.7. The lowest BCUT2D eigenvalue weighted by molar-refractivity contribution is 0.0984. The number of aryl methyl sites for hydroxylation is 1. The predicted molar refractivity (Wildman–Crippen MR) is 106 cm³/mol. The second kappa shape index (κ2) is 7.25. The largest absolute Gasteiger partial charge is 0.279 e. The third kappa shape index (κ3) is 3.57. The highest BCUT2D eigenvalue weighted by atomic mass is 32.1. The molecular formula is C21H16FN3OS. The molecule has 1 amide bonds. The molecule has 0 spiro atoms. The molecule has 0 aliphatic rings. The molecule has 0 saturated carbocycles. The van der Waals surface area contributed by atoms with E-state index in [2.05, 4.69) is 9.97 Å². The zero-order valence-electron chi connectivity index (χ0n) is 14.6. The Kier molecular flexibility index (Phi) is 4.64. The van der Waals surface area contributed by atoms with E-state index >= 15 is 0 Å². The van der Waals surface area contributed by atoms with Crippen molar-refractivity contribution in [2.45, 2.75) is 13.5 Å². The predicted octanol–water partition coefficient (Wildman–Crippen LogP) is 4.99. The highest BCUT2D eigenvalue weighted by Gasteiger charge is 2.23. The van der Waals surface area contributed by atoms with Gasteiger partial charge < -0.3 is 0 Å². The summed E-state index contributed by atoms with van der Waals surface area (Å²) in [7, 11) is 0. The number of rotatable bonds is 4. The van der Waals surface area contributed by atoms with Gasteiger partial charge >= 0.3 is 0 Å². The van der Waals surface area contributed by atoms with Gasteiger partial charge in [-0.1, -0.05) is 35.6 Å². The van der Waals surface area contributed by atoms with Gasteiger partial charge in [0.2, 0.25) is 0 Å². The van der Waals surface area contributed by atoms with Crippen LogP contribution in [0, 0.1) is 12.7 Å². The maximum atomic E-state index is 13.6. The van der Waals surface area contributed by atoms with Gasteiger partial charge in [-0.2, -0.15) is 0 Å². The van der Waals surface area contributed by atoms with Crippen LogP contribution in [0.4, 0.5) is 9.52 Å². The minimum atomic E-state index is -0.318. The van der Waals surface area contributed by atoms with Gasteiger partial charge in [0.1, 0.15) is 5.82 Å². The van der Waals surface area contributed by atoms with Crippen LogP contribution in [0.2, 0.25) is 0 Å². The fourth-order valence-corrected chi connectivity index (χ4v) is 3.85. The summed E-state index contributed by atoms with van der Waals surface area (Å²) in [5, 5.41) is 0.535. The summed E-state index contributed by atoms with van der Waals surface area (Å²) in [5.41, 5.74) is 3.08. The molecule has 27 heavy (non-hydrogen) atoms. The standard InChI is InChI=1S/C21H16FN3OS/c1-14-5-2-3-7-17(14)20(26)25(13-15-6-4-10-23-12-15)21-24-18-9-8-16(22)11-19(18)27-21/h2-12H,13H2,1H3. The number of amides is 1. The maximum Gasteiger partial charge on any atom is 0.260 e. The van der Waals surface area contributed by atoms with Crippen LogP contribution >= 0.6 is 11.3 Å². The highest BCUT2D eigenvalue weighted by molar-refractivity contribution is 7.22. The van der Waals surface area contributed by atoms with Crippen LogP contribution < -0.4 is 4.90 Å². The average molecular weight is 377 g/mol. The molecule has 4 nitrogen and oxygen atoms in total. The SMILES string of the molecule is Cc1ccccc1C(=O)N(Cc1cccnc1)c1nc2ccc(F)cc2s1. The lowest BCUT2D eigenvalue weighted by Crippen LogP contribution is -2.30. The number of nitrogens with zero attached hydrogens (tertiary/aromatic N) is 3. The number of fused-ring (bicyclic) bond motifs is 1. The number of aromatic nitrogens is 2. The molecule has 0 aliphatic carbocycles. The number of pyridine rings is 1. The molecule has 2 aromatic heterocycles. The molecule has 2 heterocycles. The van der Waals surface area contributed by atoms with Crippen LogP contribution in [0.5, 0.6) is 0 Å². The number of carbonyl (C=O) groups is 1. The molecule has 0 unspecified atom stereocenters. The molecule has 2 aromatic carbocycles. The molecule has 0 atom stereocenters. The van der Waals surface area contributed by atoms with E-state index in [-0.39, 0.29) is 11.7 Å². The molecule has 0 bridgehead atoms. The van der Waals surface area contributed by atoms with Crippen LogP contribution in [0.25, 0.3) is 10.2 Å². The maximum absolute atomic E-state index is 13.6. The van der Waals surface area contributed by atoms with Crippen LogP contribution in [0.3, 0.4) is 0 Å². The third-order valence-corrected chi connectivity index (χ3v) is 5.30. The van der Waals surface area contributed by atoms with Gasteiger partial charge in [-0.15, -0.1) is 0 Å². The Morgan fingerprint density at radius 2 is 2.00 bits per heavy atom. The van der Waals surface area contributed by atoms with Gasteiger partial charge in [0.15, 0.2) is 5.13 Å². The van der Waals surface area contributed by atoms with Crippen molar-refractivity contribution in [2.75, 3.05) is 4.90 Å². The summed E-state index contributed by atoms with van der Waals surface area (Å²) < 4.78 is 14.3. The van der Waals surface area contributed by atoms with Crippen molar-refractivity contribution >= 4 is 32.6 Å². The van der Waals surface area contributed by atoms with Crippen molar-refractivity contribution in [1.82, 2.24) is 9.97 Å². The molecule has 4 rings (SSSR count). The topological polar surface area (TPSA) is 46.1 Å². The van der Waals surface area contributed by atoms with E-state index in [4.69, 9.17) is 0 Å². The summed E-state index contributed by atoms with van der Waals surface area (Å²) in [4.78, 5) is 23.6. The normalized spacial score (nSPS) is 10.9. The Morgan fingerprint density at radius 1 is 1.15 bits per heavy atom. The molecule has 0 fully saturated rings. The van der Waals surface area contributed by atoms with E-state index in [0.717, 1.165) is 11.1 Å². The van der Waals surface area contributed by atoms with Crippen molar-refractivity contribution in [2.24, 2.45) is 0 Å². The monoisotopic (exact) mass is 377 g/mol. The summed E-state index contributed by atoms with van der Waals surface area (Å²) in [6.07, 6.45) is 3.42. The average Bonchev–Trinajstić information content (AvgIpc) is 3.09. The number of benzene rings is 2. The zero-order valence-corrected chi connectivity index (χ0v) is 15.4. The summed E-state index contributed by atoms with van der Waals surface area (Å²) in [6.45, 7) is 2.24. The Balaban J connectivity index is 1.79. The van der Waals surface area contributed by atoms with Crippen molar-refractivity contribution in [1.29, 1.82) is 0 Å². The van der Waals surface area contributed by atoms with E-state index in [1.54, 1.807) is 29.4 Å². The Bertz CT molecular complexity index is 1110. The summed E-state index contributed by atoms with van der Waals surface area (Å²) >= 11 is 1.30. The third-order valence-electron chi connectivity index (χ3n) is 4.25. The van der Waals surface area contributed by atoms with Gasteiger partial charge in [0.25, 0.3) is 5.91 Å². The summed E-state index contributed by atoms with van der Waals surface area (Å²) in [5.74, 6) is -0.460. The number of thiazole rings is 1. The number of hydrogen-bond acceptors (Lipinski definition) is 4. The first kappa shape index (κ1) is 17.3. The van der Waals surface area contributed by atoms with Crippen LogP contribution in [-0.2, 0) is 6.54 Å². The number of halogens is 1.